The first-order valence-electron chi connectivity index (χ1n) is 6.16. The molecule has 2 heterocycles. The smallest absolute Gasteiger partial charge is 0.274 e. The van der Waals surface area contributed by atoms with Crippen LogP contribution in [0.5, 0.6) is 0 Å². The molecule has 7 nitrogen and oxygen atoms in total. The predicted octanol–water partition coefficient (Wildman–Crippen LogP) is 0.578. The van der Waals surface area contributed by atoms with Crippen LogP contribution in [-0.2, 0) is 10.2 Å². The molecule has 112 valence electrons. The Kier molecular flexibility index (Phi) is 4.69. The number of nitrogens with zero attached hydrogens (tertiary/aromatic N) is 1. The zero-order chi connectivity index (χ0) is 14.8. The van der Waals surface area contributed by atoms with E-state index in [0.717, 1.165) is 12.8 Å². The number of amides is 1. The van der Waals surface area contributed by atoms with Crippen molar-refractivity contribution >= 4 is 27.7 Å². The largest absolute Gasteiger partial charge is 0.452 e. The molecule has 1 atom stereocenters. The van der Waals surface area contributed by atoms with Crippen LogP contribution in [0.4, 0.5) is 0 Å². The van der Waals surface area contributed by atoms with Crippen LogP contribution in [0.3, 0.4) is 0 Å². The van der Waals surface area contributed by atoms with E-state index >= 15 is 0 Å². The van der Waals surface area contributed by atoms with E-state index < -0.39 is 10.2 Å². The van der Waals surface area contributed by atoms with E-state index in [1.807, 2.05) is 0 Å². The zero-order valence-electron chi connectivity index (χ0n) is 10.7. The SMILES string of the molecule is NS(=O)(=O)NCC1CCCN(C(=O)c2ccoc2Cl)C1. The summed E-state index contributed by atoms with van der Waals surface area (Å²) in [5, 5.41) is 4.96. The quantitative estimate of drug-likeness (QED) is 0.846. The number of likely N-dealkylation sites (tertiary alicyclic amines) is 1. The Morgan fingerprint density at radius 3 is 2.95 bits per heavy atom. The average Bonchev–Trinajstić information content (AvgIpc) is 2.81. The van der Waals surface area contributed by atoms with E-state index in [9.17, 15) is 13.2 Å². The average molecular weight is 322 g/mol. The molecular weight excluding hydrogens is 306 g/mol. The van der Waals surface area contributed by atoms with Crippen molar-refractivity contribution in [3.05, 3.63) is 23.1 Å². The predicted molar refractivity (Wildman–Crippen MR) is 73.5 cm³/mol. The second-order valence-corrected chi connectivity index (χ2v) is 6.48. The zero-order valence-corrected chi connectivity index (χ0v) is 12.3. The molecule has 1 fully saturated rings. The molecule has 0 saturated carbocycles. The number of rotatable bonds is 4. The van der Waals surface area contributed by atoms with E-state index in [2.05, 4.69) is 4.72 Å². The van der Waals surface area contributed by atoms with Gasteiger partial charge in [-0.05, 0) is 36.4 Å². The maximum atomic E-state index is 12.2. The first-order chi connectivity index (χ1) is 9.37. The molecule has 20 heavy (non-hydrogen) atoms. The van der Waals surface area contributed by atoms with Crippen LogP contribution < -0.4 is 9.86 Å². The van der Waals surface area contributed by atoms with Gasteiger partial charge in [0.2, 0.25) is 5.22 Å². The number of carbonyl (C=O) groups excluding carboxylic acids is 1. The Bertz CT molecular complexity index is 586. The van der Waals surface area contributed by atoms with Crippen LogP contribution in [0, 0.1) is 5.92 Å². The molecule has 2 rings (SSSR count). The highest BCUT2D eigenvalue weighted by molar-refractivity contribution is 7.87. The molecular formula is C11H16ClN3O4S. The van der Waals surface area contributed by atoms with E-state index in [4.69, 9.17) is 21.2 Å². The van der Waals surface area contributed by atoms with Crippen LogP contribution in [0.2, 0.25) is 5.22 Å². The van der Waals surface area contributed by atoms with E-state index in [1.54, 1.807) is 4.90 Å². The Morgan fingerprint density at radius 1 is 1.60 bits per heavy atom. The van der Waals surface area contributed by atoms with Crippen LogP contribution in [0.1, 0.15) is 23.2 Å². The highest BCUT2D eigenvalue weighted by atomic mass is 35.5. The molecule has 1 aromatic heterocycles. The van der Waals surface area contributed by atoms with E-state index in [1.165, 1.54) is 12.3 Å². The van der Waals surface area contributed by atoms with Crippen LogP contribution in [0.25, 0.3) is 0 Å². The Balaban J connectivity index is 1.97. The summed E-state index contributed by atoms with van der Waals surface area (Å²) in [6, 6.07) is 1.52. The number of piperidine rings is 1. The molecule has 1 amide bonds. The normalized spacial score (nSPS) is 20.1. The van der Waals surface area contributed by atoms with Gasteiger partial charge in [-0.3, -0.25) is 4.79 Å². The standard InChI is InChI=1S/C11H16ClN3O4S/c12-10-9(3-5-19-10)11(16)15-4-1-2-8(7-15)6-14-20(13,17)18/h3,5,8,14H,1-2,4,6-7H2,(H2,13,17,18). The van der Waals surface area contributed by atoms with Crippen molar-refractivity contribution in [2.24, 2.45) is 11.1 Å². The minimum Gasteiger partial charge on any atom is -0.452 e. The van der Waals surface area contributed by atoms with Gasteiger partial charge in [0.05, 0.1) is 11.8 Å². The Hall–Kier alpha value is -1.09. The molecule has 9 heteroatoms. The molecule has 1 aliphatic rings. The van der Waals surface area contributed by atoms with Crippen molar-refractivity contribution in [1.29, 1.82) is 0 Å². The number of halogens is 1. The summed E-state index contributed by atoms with van der Waals surface area (Å²) in [6.07, 6.45) is 3.00. The number of nitrogens with one attached hydrogen (secondary N) is 1. The fourth-order valence-electron chi connectivity index (χ4n) is 2.27. The second kappa shape index (κ2) is 6.13. The third-order valence-corrected chi connectivity index (χ3v) is 4.09. The van der Waals surface area contributed by atoms with Crippen LogP contribution in [0.15, 0.2) is 16.7 Å². The maximum Gasteiger partial charge on any atom is 0.274 e. The van der Waals surface area contributed by atoms with Gasteiger partial charge in [0.15, 0.2) is 0 Å². The van der Waals surface area contributed by atoms with Crippen LogP contribution in [-0.4, -0.2) is 38.9 Å². The molecule has 0 radical (unpaired) electrons. The topological polar surface area (TPSA) is 106 Å². The van der Waals surface area contributed by atoms with E-state index in [0.29, 0.717) is 18.7 Å². The summed E-state index contributed by atoms with van der Waals surface area (Å²) in [5.41, 5.74) is 0.326. The lowest BCUT2D eigenvalue weighted by atomic mass is 9.98. The molecule has 0 aliphatic carbocycles. The molecule has 3 N–H and O–H groups in total. The first-order valence-corrected chi connectivity index (χ1v) is 8.09. The number of carbonyl (C=O) groups is 1. The molecule has 1 saturated heterocycles. The Morgan fingerprint density at radius 2 is 2.35 bits per heavy atom. The third kappa shape index (κ3) is 3.95. The van der Waals surface area contributed by atoms with Gasteiger partial charge in [-0.15, -0.1) is 0 Å². The van der Waals surface area contributed by atoms with Crippen LogP contribution >= 0.6 is 11.6 Å². The molecule has 1 aliphatic heterocycles. The summed E-state index contributed by atoms with van der Waals surface area (Å²) >= 11 is 5.79. The van der Waals surface area contributed by atoms with Gasteiger partial charge < -0.3 is 9.32 Å². The number of hydrogen-bond acceptors (Lipinski definition) is 4. The first kappa shape index (κ1) is 15.3. The molecule has 0 spiro atoms. The van der Waals surface area contributed by atoms with Gasteiger partial charge in [0.25, 0.3) is 16.1 Å². The van der Waals surface area contributed by atoms with Gasteiger partial charge in [0, 0.05) is 19.6 Å². The molecule has 0 bridgehead atoms. The lowest BCUT2D eigenvalue weighted by Crippen LogP contribution is -2.44. The monoisotopic (exact) mass is 321 g/mol. The third-order valence-electron chi connectivity index (χ3n) is 3.23. The minimum absolute atomic E-state index is 0.0386. The Labute approximate surface area is 122 Å². The number of hydrogen-bond donors (Lipinski definition) is 2. The van der Waals surface area contributed by atoms with Crippen molar-refractivity contribution in [2.75, 3.05) is 19.6 Å². The summed E-state index contributed by atoms with van der Waals surface area (Å²) in [4.78, 5) is 13.9. The second-order valence-electron chi connectivity index (χ2n) is 4.76. The summed E-state index contributed by atoms with van der Waals surface area (Å²) in [7, 11) is -3.70. The fraction of sp³-hybridized carbons (Fsp3) is 0.545. The van der Waals surface area contributed by atoms with Crippen molar-refractivity contribution < 1.29 is 17.6 Å². The highest BCUT2D eigenvalue weighted by Gasteiger charge is 2.27. The number of furan rings is 1. The maximum absolute atomic E-state index is 12.2. The lowest BCUT2D eigenvalue weighted by molar-refractivity contribution is 0.0676. The summed E-state index contributed by atoms with van der Waals surface area (Å²) in [5.74, 6) is -0.166. The van der Waals surface area contributed by atoms with Gasteiger partial charge in [-0.1, -0.05) is 0 Å². The summed E-state index contributed by atoms with van der Waals surface area (Å²) < 4.78 is 28.9. The van der Waals surface area contributed by atoms with Gasteiger partial charge >= 0.3 is 0 Å². The van der Waals surface area contributed by atoms with Gasteiger partial charge in [0.1, 0.15) is 0 Å². The van der Waals surface area contributed by atoms with Gasteiger partial charge in [-0.25, -0.2) is 9.86 Å². The van der Waals surface area contributed by atoms with Crippen molar-refractivity contribution in [3.63, 3.8) is 0 Å². The molecule has 0 aromatic carbocycles. The van der Waals surface area contributed by atoms with E-state index in [-0.39, 0.29) is 23.6 Å². The van der Waals surface area contributed by atoms with Crippen molar-refractivity contribution in [3.8, 4) is 0 Å². The van der Waals surface area contributed by atoms with Crippen molar-refractivity contribution in [2.45, 2.75) is 12.8 Å². The lowest BCUT2D eigenvalue weighted by Gasteiger charge is -2.32. The summed E-state index contributed by atoms with van der Waals surface area (Å²) in [6.45, 7) is 1.30. The minimum atomic E-state index is -3.70. The number of nitrogens with two attached hydrogens (primary N) is 1. The highest BCUT2D eigenvalue weighted by Crippen LogP contribution is 2.22. The van der Waals surface area contributed by atoms with Gasteiger partial charge in [-0.2, -0.15) is 8.42 Å². The van der Waals surface area contributed by atoms with Crippen molar-refractivity contribution in [1.82, 2.24) is 9.62 Å². The molecule has 1 unspecified atom stereocenters. The molecule has 1 aromatic rings. The fourth-order valence-corrected chi connectivity index (χ4v) is 2.93.